The van der Waals surface area contributed by atoms with Crippen LogP contribution in [0.5, 0.6) is 0 Å². The SMILES string of the molecule is CC(C)(C)c1ccc2c(c1)[C@]13CCCC[C@H]1CC[C@@H](O)C3N2. The second-order valence-electron chi connectivity index (χ2n) is 8.76. The Kier molecular flexibility index (Phi) is 3.14. The summed E-state index contributed by atoms with van der Waals surface area (Å²) >= 11 is 0. The van der Waals surface area contributed by atoms with E-state index in [2.05, 4.69) is 44.3 Å². The van der Waals surface area contributed by atoms with Crippen LogP contribution in [-0.4, -0.2) is 17.3 Å². The third-order valence-corrected chi connectivity index (χ3v) is 6.57. The van der Waals surface area contributed by atoms with Crippen molar-refractivity contribution in [1.29, 1.82) is 0 Å². The van der Waals surface area contributed by atoms with Crippen LogP contribution in [0, 0.1) is 5.92 Å². The Morgan fingerprint density at radius 3 is 2.73 bits per heavy atom. The Morgan fingerprint density at radius 2 is 1.95 bits per heavy atom. The van der Waals surface area contributed by atoms with Gasteiger partial charge in [-0.15, -0.1) is 0 Å². The number of aliphatic hydroxyl groups is 1. The lowest BCUT2D eigenvalue weighted by Crippen LogP contribution is -2.56. The van der Waals surface area contributed by atoms with E-state index < -0.39 is 0 Å². The van der Waals surface area contributed by atoms with Gasteiger partial charge in [0.05, 0.1) is 12.1 Å². The molecular formula is C20H29NO. The van der Waals surface area contributed by atoms with Gasteiger partial charge in [-0.05, 0) is 54.2 Å². The van der Waals surface area contributed by atoms with E-state index in [1.165, 1.54) is 48.9 Å². The van der Waals surface area contributed by atoms with Gasteiger partial charge in [-0.2, -0.15) is 0 Å². The van der Waals surface area contributed by atoms with Crippen LogP contribution in [-0.2, 0) is 10.8 Å². The van der Waals surface area contributed by atoms with Crippen molar-refractivity contribution in [1.82, 2.24) is 0 Å². The number of aliphatic hydroxyl groups excluding tert-OH is 1. The van der Waals surface area contributed by atoms with Gasteiger partial charge in [0.1, 0.15) is 0 Å². The molecular weight excluding hydrogens is 270 g/mol. The first-order valence-electron chi connectivity index (χ1n) is 9.02. The zero-order valence-electron chi connectivity index (χ0n) is 14.2. The molecule has 2 nitrogen and oxygen atoms in total. The van der Waals surface area contributed by atoms with Crippen LogP contribution in [0.4, 0.5) is 5.69 Å². The standard InChI is InChI=1S/C20H29NO/c1-19(2,3)14-7-9-16-15(12-14)20-11-5-4-6-13(20)8-10-17(22)18(20)21-16/h7,9,12-13,17-18,21-22H,4-6,8,10-11H2,1-3H3/t13-,17+,18?,20-/m0/s1. The maximum Gasteiger partial charge on any atom is 0.0750 e. The third kappa shape index (κ3) is 1.89. The highest BCUT2D eigenvalue weighted by Crippen LogP contribution is 2.58. The number of rotatable bonds is 0. The van der Waals surface area contributed by atoms with Gasteiger partial charge < -0.3 is 10.4 Å². The Morgan fingerprint density at radius 1 is 1.14 bits per heavy atom. The molecule has 22 heavy (non-hydrogen) atoms. The molecule has 2 fully saturated rings. The van der Waals surface area contributed by atoms with Crippen molar-refractivity contribution in [3.05, 3.63) is 29.3 Å². The van der Waals surface area contributed by atoms with Gasteiger partial charge in [-0.3, -0.25) is 0 Å². The molecule has 4 atom stereocenters. The van der Waals surface area contributed by atoms with Crippen LogP contribution in [0.25, 0.3) is 0 Å². The van der Waals surface area contributed by atoms with Gasteiger partial charge in [0.25, 0.3) is 0 Å². The highest BCUT2D eigenvalue weighted by Gasteiger charge is 2.57. The van der Waals surface area contributed by atoms with Crippen molar-refractivity contribution in [2.24, 2.45) is 5.92 Å². The van der Waals surface area contributed by atoms with Crippen LogP contribution < -0.4 is 5.32 Å². The van der Waals surface area contributed by atoms with Gasteiger partial charge in [-0.25, -0.2) is 0 Å². The summed E-state index contributed by atoms with van der Waals surface area (Å²) in [5.41, 5.74) is 4.58. The summed E-state index contributed by atoms with van der Waals surface area (Å²) in [5.74, 6) is 0.749. The molecule has 1 aromatic carbocycles. The number of hydrogen-bond acceptors (Lipinski definition) is 2. The summed E-state index contributed by atoms with van der Waals surface area (Å²) in [6.07, 6.45) is 7.21. The molecule has 1 spiro atoms. The first kappa shape index (κ1) is 14.6. The molecule has 0 amide bonds. The molecule has 0 radical (unpaired) electrons. The number of hydrogen-bond donors (Lipinski definition) is 2. The predicted octanol–water partition coefficient (Wildman–Crippen LogP) is 4.36. The lowest BCUT2D eigenvalue weighted by molar-refractivity contribution is 0.0165. The Balaban J connectivity index is 1.87. The van der Waals surface area contributed by atoms with Gasteiger partial charge in [0.2, 0.25) is 0 Å². The Bertz CT molecular complexity index is 588. The fraction of sp³-hybridized carbons (Fsp3) is 0.700. The van der Waals surface area contributed by atoms with E-state index in [-0.39, 0.29) is 23.0 Å². The van der Waals surface area contributed by atoms with Crippen molar-refractivity contribution in [3.8, 4) is 0 Å². The minimum atomic E-state index is -0.195. The molecule has 1 aliphatic heterocycles. The zero-order valence-corrected chi connectivity index (χ0v) is 14.2. The maximum absolute atomic E-state index is 10.7. The fourth-order valence-corrected chi connectivity index (χ4v) is 5.40. The maximum atomic E-state index is 10.7. The second-order valence-corrected chi connectivity index (χ2v) is 8.76. The molecule has 1 aromatic rings. The molecule has 4 rings (SSSR count). The van der Waals surface area contributed by atoms with Crippen molar-refractivity contribution >= 4 is 5.69 Å². The molecule has 0 saturated heterocycles. The first-order chi connectivity index (χ1) is 10.4. The summed E-state index contributed by atoms with van der Waals surface area (Å²) in [6, 6.07) is 7.22. The van der Waals surface area contributed by atoms with Gasteiger partial charge in [0, 0.05) is 11.1 Å². The van der Waals surface area contributed by atoms with Crippen LogP contribution in [0.3, 0.4) is 0 Å². The monoisotopic (exact) mass is 299 g/mol. The van der Waals surface area contributed by atoms with E-state index in [0.29, 0.717) is 0 Å². The Hall–Kier alpha value is -1.02. The van der Waals surface area contributed by atoms with Gasteiger partial charge in [0.15, 0.2) is 0 Å². The predicted molar refractivity (Wildman–Crippen MR) is 91.4 cm³/mol. The Labute approximate surface area is 134 Å². The van der Waals surface area contributed by atoms with Crippen molar-refractivity contribution in [2.45, 2.75) is 82.3 Å². The fourth-order valence-electron chi connectivity index (χ4n) is 5.40. The highest BCUT2D eigenvalue weighted by atomic mass is 16.3. The summed E-state index contributed by atoms with van der Waals surface area (Å²) in [6.45, 7) is 6.88. The average molecular weight is 299 g/mol. The van der Waals surface area contributed by atoms with Gasteiger partial charge in [-0.1, -0.05) is 45.7 Å². The third-order valence-electron chi connectivity index (χ3n) is 6.57. The lowest BCUT2D eigenvalue weighted by atomic mass is 9.55. The average Bonchev–Trinajstić information content (AvgIpc) is 2.81. The molecule has 0 bridgehead atoms. The second kappa shape index (κ2) is 4.74. The molecule has 3 aliphatic rings. The summed E-state index contributed by atoms with van der Waals surface area (Å²) in [4.78, 5) is 0. The normalized spacial score (nSPS) is 37.0. The lowest BCUT2D eigenvalue weighted by Gasteiger charge is -2.51. The number of anilines is 1. The van der Waals surface area contributed by atoms with Crippen molar-refractivity contribution in [3.63, 3.8) is 0 Å². The molecule has 1 heterocycles. The minimum Gasteiger partial charge on any atom is -0.391 e. The van der Waals surface area contributed by atoms with E-state index in [0.717, 1.165) is 12.3 Å². The summed E-state index contributed by atoms with van der Waals surface area (Å²) in [5, 5.41) is 14.4. The molecule has 2 saturated carbocycles. The van der Waals surface area contributed by atoms with Crippen LogP contribution >= 0.6 is 0 Å². The topological polar surface area (TPSA) is 32.3 Å². The molecule has 2 heteroatoms. The molecule has 1 unspecified atom stereocenters. The van der Waals surface area contributed by atoms with Crippen LogP contribution in [0.2, 0.25) is 0 Å². The van der Waals surface area contributed by atoms with Crippen LogP contribution in [0.15, 0.2) is 18.2 Å². The zero-order chi connectivity index (χ0) is 15.5. The van der Waals surface area contributed by atoms with Crippen LogP contribution in [0.1, 0.15) is 70.4 Å². The minimum absolute atomic E-state index is 0.182. The van der Waals surface area contributed by atoms with Gasteiger partial charge >= 0.3 is 0 Å². The number of benzene rings is 1. The molecule has 120 valence electrons. The van der Waals surface area contributed by atoms with Crippen molar-refractivity contribution < 1.29 is 5.11 Å². The van der Waals surface area contributed by atoms with E-state index in [1.54, 1.807) is 0 Å². The van der Waals surface area contributed by atoms with E-state index in [9.17, 15) is 5.11 Å². The van der Waals surface area contributed by atoms with E-state index >= 15 is 0 Å². The summed E-state index contributed by atoms with van der Waals surface area (Å²) in [7, 11) is 0. The first-order valence-corrected chi connectivity index (χ1v) is 9.02. The summed E-state index contributed by atoms with van der Waals surface area (Å²) < 4.78 is 0. The van der Waals surface area contributed by atoms with E-state index in [1.807, 2.05) is 0 Å². The molecule has 2 N–H and O–H groups in total. The molecule has 2 aliphatic carbocycles. The van der Waals surface area contributed by atoms with Crippen molar-refractivity contribution in [2.75, 3.05) is 5.32 Å². The number of fused-ring (bicyclic) bond motifs is 1. The smallest absolute Gasteiger partial charge is 0.0750 e. The number of nitrogens with one attached hydrogen (secondary N) is 1. The highest BCUT2D eigenvalue weighted by molar-refractivity contribution is 5.65. The van der Waals surface area contributed by atoms with E-state index in [4.69, 9.17) is 0 Å². The largest absolute Gasteiger partial charge is 0.391 e. The quantitative estimate of drug-likeness (QED) is 0.746. The molecule has 0 aromatic heterocycles.